The number of aromatic nitrogens is 2. The van der Waals surface area contributed by atoms with Gasteiger partial charge in [0.05, 0.1) is 31.5 Å². The van der Waals surface area contributed by atoms with E-state index in [4.69, 9.17) is 9.47 Å². The molecule has 2 aromatic rings. The summed E-state index contributed by atoms with van der Waals surface area (Å²) in [6, 6.07) is 7.99. The van der Waals surface area contributed by atoms with E-state index in [1.54, 1.807) is 0 Å². The van der Waals surface area contributed by atoms with Crippen LogP contribution in [0.15, 0.2) is 40.1 Å². The zero-order valence-corrected chi connectivity index (χ0v) is 16.9. The van der Waals surface area contributed by atoms with Crippen molar-refractivity contribution in [3.63, 3.8) is 0 Å². The number of H-pyrrole nitrogens is 1. The molecule has 3 atom stereocenters. The third kappa shape index (κ3) is 4.84. The van der Waals surface area contributed by atoms with Gasteiger partial charge in [-0.15, -0.1) is 0 Å². The molecule has 1 fully saturated rings. The summed E-state index contributed by atoms with van der Waals surface area (Å²) in [6.45, 7) is 6.38. The number of nitrogens with one attached hydrogen (secondary N) is 1. The van der Waals surface area contributed by atoms with Crippen LogP contribution in [0.1, 0.15) is 50.1 Å². The lowest BCUT2D eigenvalue weighted by Crippen LogP contribution is -2.34. The highest BCUT2D eigenvalue weighted by Gasteiger charge is 2.35. The van der Waals surface area contributed by atoms with Crippen LogP contribution in [0, 0.1) is 0 Å². The first-order valence-corrected chi connectivity index (χ1v) is 9.65. The van der Waals surface area contributed by atoms with Crippen molar-refractivity contribution in [1.82, 2.24) is 9.55 Å². The minimum Gasteiger partial charge on any atom is -0.394 e. The normalized spacial score (nSPS) is 22.2. The molecular weight excluding hydrogens is 376 g/mol. The van der Waals surface area contributed by atoms with E-state index in [0.29, 0.717) is 6.61 Å². The number of aromatic amines is 1. The maximum Gasteiger partial charge on any atom is 0.330 e. The summed E-state index contributed by atoms with van der Waals surface area (Å²) < 4.78 is 12.5. The Bertz CT molecular complexity index is 959. The van der Waals surface area contributed by atoms with Crippen LogP contribution >= 0.6 is 0 Å². The van der Waals surface area contributed by atoms with Crippen molar-refractivity contribution in [3.05, 3.63) is 68.0 Å². The van der Waals surface area contributed by atoms with Crippen LogP contribution in [0.3, 0.4) is 0 Å². The number of hydrogen-bond donors (Lipinski definition) is 3. The summed E-state index contributed by atoms with van der Waals surface area (Å²) in [5, 5.41) is 19.1. The lowest BCUT2D eigenvalue weighted by atomic mass is 9.84. The standard InChI is InChI=1S/C21H28N2O6/c1-21(2,3)15-7-5-4-6-13(15)11-28-12-14-9-23(20(27)22-19(14)26)18-8-16(25)17(10-24)29-18/h4-7,9,16-18,24-25H,8,10-12H2,1-3H3,(H,22,26,27)/t16-,17+,18+/m0/s1. The fourth-order valence-electron chi connectivity index (χ4n) is 3.54. The van der Waals surface area contributed by atoms with E-state index >= 15 is 0 Å². The van der Waals surface area contributed by atoms with Crippen molar-refractivity contribution in [2.45, 2.75) is 64.3 Å². The first-order valence-electron chi connectivity index (χ1n) is 9.65. The number of benzene rings is 1. The third-order valence-corrected chi connectivity index (χ3v) is 5.08. The molecule has 0 amide bonds. The van der Waals surface area contributed by atoms with Crippen LogP contribution < -0.4 is 11.2 Å². The third-order valence-electron chi connectivity index (χ3n) is 5.08. The Balaban J connectivity index is 1.74. The average molecular weight is 404 g/mol. The minimum atomic E-state index is -0.877. The summed E-state index contributed by atoms with van der Waals surface area (Å²) in [5.41, 5.74) is 1.30. The number of ether oxygens (including phenoxy) is 2. The molecule has 0 bridgehead atoms. The van der Waals surface area contributed by atoms with Gasteiger partial charge in [-0.3, -0.25) is 14.3 Å². The molecule has 8 heteroatoms. The van der Waals surface area contributed by atoms with Crippen molar-refractivity contribution < 1.29 is 19.7 Å². The average Bonchev–Trinajstić information content (AvgIpc) is 3.03. The van der Waals surface area contributed by atoms with Crippen molar-refractivity contribution in [3.8, 4) is 0 Å². The zero-order valence-electron chi connectivity index (χ0n) is 16.9. The van der Waals surface area contributed by atoms with Crippen molar-refractivity contribution in [2.75, 3.05) is 6.61 Å². The highest BCUT2D eigenvalue weighted by molar-refractivity contribution is 5.32. The Labute approximate surface area is 168 Å². The maximum atomic E-state index is 12.2. The van der Waals surface area contributed by atoms with Crippen molar-refractivity contribution >= 4 is 0 Å². The molecule has 0 radical (unpaired) electrons. The number of rotatable bonds is 6. The van der Waals surface area contributed by atoms with E-state index in [1.165, 1.54) is 16.3 Å². The molecule has 2 heterocycles. The predicted molar refractivity (Wildman–Crippen MR) is 107 cm³/mol. The van der Waals surface area contributed by atoms with Crippen LogP contribution in [0.25, 0.3) is 0 Å². The second-order valence-electron chi connectivity index (χ2n) is 8.34. The smallest absolute Gasteiger partial charge is 0.330 e. The molecule has 0 spiro atoms. The molecule has 8 nitrogen and oxygen atoms in total. The first kappa shape index (κ1) is 21.4. The Hall–Kier alpha value is -2.26. The SMILES string of the molecule is CC(C)(C)c1ccccc1COCc1cn([C@H]2C[C@H](O)[C@@H](CO)O2)c(=O)[nH]c1=O. The van der Waals surface area contributed by atoms with E-state index in [2.05, 4.69) is 31.8 Å². The first-order chi connectivity index (χ1) is 13.7. The highest BCUT2D eigenvalue weighted by Crippen LogP contribution is 2.28. The quantitative estimate of drug-likeness (QED) is 0.667. The van der Waals surface area contributed by atoms with Crippen molar-refractivity contribution in [2.24, 2.45) is 0 Å². The summed E-state index contributed by atoms with van der Waals surface area (Å²) in [4.78, 5) is 26.6. The second-order valence-corrected chi connectivity index (χ2v) is 8.34. The Morgan fingerprint density at radius 3 is 2.55 bits per heavy atom. The predicted octanol–water partition coefficient (Wildman–Crippen LogP) is 1.19. The Kier molecular flexibility index (Phi) is 6.38. The topological polar surface area (TPSA) is 114 Å². The number of aliphatic hydroxyl groups is 2. The monoisotopic (exact) mass is 404 g/mol. The maximum absolute atomic E-state index is 12.2. The van der Waals surface area contributed by atoms with Gasteiger partial charge in [-0.25, -0.2) is 4.79 Å². The van der Waals surface area contributed by atoms with E-state index < -0.39 is 29.7 Å². The molecular formula is C21H28N2O6. The fourth-order valence-corrected chi connectivity index (χ4v) is 3.54. The Morgan fingerprint density at radius 1 is 1.21 bits per heavy atom. The molecule has 0 saturated carbocycles. The van der Waals surface area contributed by atoms with Crippen LogP contribution in [-0.4, -0.2) is 38.6 Å². The molecule has 29 heavy (non-hydrogen) atoms. The van der Waals surface area contributed by atoms with Gasteiger partial charge >= 0.3 is 5.69 Å². The second kappa shape index (κ2) is 8.62. The van der Waals surface area contributed by atoms with Gasteiger partial charge < -0.3 is 19.7 Å². The van der Waals surface area contributed by atoms with E-state index in [9.17, 15) is 19.8 Å². The van der Waals surface area contributed by atoms with Crippen LogP contribution in [0.2, 0.25) is 0 Å². The largest absolute Gasteiger partial charge is 0.394 e. The van der Waals surface area contributed by atoms with Crippen LogP contribution in [0.4, 0.5) is 0 Å². The molecule has 1 aliphatic rings. The Morgan fingerprint density at radius 2 is 1.90 bits per heavy atom. The number of nitrogens with zero attached hydrogens (tertiary/aromatic N) is 1. The van der Waals surface area contributed by atoms with E-state index in [1.807, 2.05) is 18.2 Å². The number of hydrogen-bond acceptors (Lipinski definition) is 6. The minimum absolute atomic E-state index is 0.0206. The lowest BCUT2D eigenvalue weighted by Gasteiger charge is -2.22. The molecule has 1 aliphatic heterocycles. The van der Waals surface area contributed by atoms with Gasteiger partial charge in [0, 0.05) is 12.6 Å². The van der Waals surface area contributed by atoms with Gasteiger partial charge in [-0.05, 0) is 16.5 Å². The van der Waals surface area contributed by atoms with Crippen molar-refractivity contribution in [1.29, 1.82) is 0 Å². The van der Waals surface area contributed by atoms with Gasteiger partial charge in [0.15, 0.2) is 0 Å². The van der Waals surface area contributed by atoms with Crippen LogP contribution in [0.5, 0.6) is 0 Å². The molecule has 0 unspecified atom stereocenters. The molecule has 1 saturated heterocycles. The summed E-state index contributed by atoms with van der Waals surface area (Å²) >= 11 is 0. The molecule has 1 aromatic heterocycles. The van der Waals surface area contributed by atoms with Gasteiger partial charge in [0.2, 0.25) is 0 Å². The zero-order chi connectivity index (χ0) is 21.2. The molecule has 158 valence electrons. The lowest BCUT2D eigenvalue weighted by molar-refractivity contribution is -0.0461. The van der Waals surface area contributed by atoms with Gasteiger partial charge in [0.25, 0.3) is 5.56 Å². The molecule has 0 aliphatic carbocycles. The van der Waals surface area contributed by atoms with Gasteiger partial charge in [0.1, 0.15) is 12.3 Å². The molecule has 3 N–H and O–H groups in total. The molecule has 3 rings (SSSR count). The summed E-state index contributed by atoms with van der Waals surface area (Å²) in [6.07, 6.45) is -0.846. The van der Waals surface area contributed by atoms with Gasteiger partial charge in [-0.1, -0.05) is 45.0 Å². The fraction of sp³-hybridized carbons (Fsp3) is 0.524. The van der Waals surface area contributed by atoms with E-state index in [0.717, 1.165) is 5.56 Å². The summed E-state index contributed by atoms with van der Waals surface area (Å²) in [5.74, 6) is 0. The van der Waals surface area contributed by atoms with Crippen LogP contribution in [-0.2, 0) is 28.1 Å². The van der Waals surface area contributed by atoms with E-state index in [-0.39, 0.29) is 30.6 Å². The highest BCUT2D eigenvalue weighted by atomic mass is 16.5. The number of aliphatic hydroxyl groups excluding tert-OH is 2. The summed E-state index contributed by atoms with van der Waals surface area (Å²) in [7, 11) is 0. The van der Waals surface area contributed by atoms with Gasteiger partial charge in [-0.2, -0.15) is 0 Å². The molecule has 1 aromatic carbocycles.